The maximum Gasteiger partial charge on any atom is 0.343 e. The number of likely N-dealkylation sites (tertiary alicyclic amines) is 1. The van der Waals surface area contributed by atoms with Crippen molar-refractivity contribution in [2.75, 3.05) is 13.2 Å². The molecule has 2 heterocycles. The highest BCUT2D eigenvalue weighted by Crippen LogP contribution is 2.21. The van der Waals surface area contributed by atoms with Gasteiger partial charge in [0, 0.05) is 25.4 Å². The molecular weight excluding hydrogens is 308 g/mol. The number of aromatic nitrogens is 1. The monoisotopic (exact) mass is 328 g/mol. The summed E-state index contributed by atoms with van der Waals surface area (Å²) in [5.74, 6) is 0.119. The summed E-state index contributed by atoms with van der Waals surface area (Å²) in [4.78, 5) is 26.1. The third-order valence-electron chi connectivity index (χ3n) is 4.20. The lowest BCUT2D eigenvalue weighted by Crippen LogP contribution is -2.25. The Morgan fingerprint density at radius 1 is 1.33 bits per heavy atom. The third kappa shape index (κ3) is 3.48. The minimum Gasteiger partial charge on any atom is -0.462 e. The Kier molecular flexibility index (Phi) is 4.64. The summed E-state index contributed by atoms with van der Waals surface area (Å²) < 4.78 is 10.3. The van der Waals surface area contributed by atoms with E-state index in [4.69, 9.17) is 9.26 Å². The molecule has 3 rings (SSSR count). The molecule has 0 unspecified atom stereocenters. The average molecular weight is 328 g/mol. The Bertz CT molecular complexity index is 719. The Morgan fingerprint density at radius 3 is 2.75 bits per heavy atom. The molecule has 2 aromatic rings. The van der Waals surface area contributed by atoms with Crippen molar-refractivity contribution in [3.8, 4) is 0 Å². The standard InChI is InChI=1S/C18H20N2O4/c1-12-17(13(2)24-19-12)18(22)23-11-15-8-16(21)20(10-15)9-14-6-4-3-5-7-14/h3-7,15H,8-11H2,1-2H3/t15-/m1/s1. The van der Waals surface area contributed by atoms with Gasteiger partial charge in [-0.2, -0.15) is 0 Å². The molecule has 0 radical (unpaired) electrons. The number of esters is 1. The second-order valence-corrected chi connectivity index (χ2v) is 6.13. The quantitative estimate of drug-likeness (QED) is 0.789. The molecule has 0 aliphatic carbocycles. The van der Waals surface area contributed by atoms with E-state index in [-0.39, 0.29) is 18.4 Å². The maximum absolute atomic E-state index is 12.1. The number of hydrogen-bond donors (Lipinski definition) is 0. The van der Waals surface area contributed by atoms with Crippen LogP contribution in [0.15, 0.2) is 34.9 Å². The molecule has 0 saturated carbocycles. The Labute approximate surface area is 140 Å². The first-order valence-corrected chi connectivity index (χ1v) is 7.96. The maximum atomic E-state index is 12.1. The summed E-state index contributed by atoms with van der Waals surface area (Å²) >= 11 is 0. The van der Waals surface area contributed by atoms with Gasteiger partial charge in [0.2, 0.25) is 5.91 Å². The molecule has 1 fully saturated rings. The van der Waals surface area contributed by atoms with Crippen LogP contribution in [-0.2, 0) is 16.1 Å². The van der Waals surface area contributed by atoms with Crippen molar-refractivity contribution in [1.29, 1.82) is 0 Å². The first-order valence-electron chi connectivity index (χ1n) is 7.96. The minimum absolute atomic E-state index is 0.0191. The molecule has 24 heavy (non-hydrogen) atoms. The molecule has 0 N–H and O–H groups in total. The zero-order valence-corrected chi connectivity index (χ0v) is 13.8. The highest BCUT2D eigenvalue weighted by Gasteiger charge is 2.31. The van der Waals surface area contributed by atoms with Crippen molar-refractivity contribution in [2.24, 2.45) is 5.92 Å². The second kappa shape index (κ2) is 6.86. The molecule has 1 aliphatic heterocycles. The van der Waals surface area contributed by atoms with E-state index in [1.165, 1.54) is 0 Å². The van der Waals surface area contributed by atoms with E-state index in [1.807, 2.05) is 35.2 Å². The van der Waals surface area contributed by atoms with Gasteiger partial charge < -0.3 is 14.2 Å². The first kappa shape index (κ1) is 16.2. The highest BCUT2D eigenvalue weighted by molar-refractivity contribution is 5.91. The Hall–Kier alpha value is -2.63. The van der Waals surface area contributed by atoms with Gasteiger partial charge in [0.05, 0.1) is 12.3 Å². The van der Waals surface area contributed by atoms with Gasteiger partial charge in [-0.15, -0.1) is 0 Å². The van der Waals surface area contributed by atoms with E-state index in [0.717, 1.165) is 5.56 Å². The van der Waals surface area contributed by atoms with Crippen molar-refractivity contribution in [3.05, 3.63) is 52.9 Å². The zero-order valence-electron chi connectivity index (χ0n) is 13.8. The molecule has 1 aromatic carbocycles. The van der Waals surface area contributed by atoms with Crippen LogP contribution in [0.1, 0.15) is 33.8 Å². The van der Waals surface area contributed by atoms with Crippen LogP contribution in [0, 0.1) is 19.8 Å². The van der Waals surface area contributed by atoms with Crippen molar-refractivity contribution < 1.29 is 18.8 Å². The van der Waals surface area contributed by atoms with Crippen molar-refractivity contribution in [3.63, 3.8) is 0 Å². The number of nitrogens with zero attached hydrogens (tertiary/aromatic N) is 2. The second-order valence-electron chi connectivity index (χ2n) is 6.13. The van der Waals surface area contributed by atoms with E-state index >= 15 is 0 Å². The average Bonchev–Trinajstić information content (AvgIpc) is 3.09. The number of carbonyl (C=O) groups excluding carboxylic acids is 2. The van der Waals surface area contributed by atoms with Crippen molar-refractivity contribution in [1.82, 2.24) is 10.1 Å². The van der Waals surface area contributed by atoms with Gasteiger partial charge in [-0.25, -0.2) is 4.79 Å². The fraction of sp³-hybridized carbons (Fsp3) is 0.389. The van der Waals surface area contributed by atoms with E-state index < -0.39 is 5.97 Å². The third-order valence-corrected chi connectivity index (χ3v) is 4.20. The molecule has 1 amide bonds. The lowest BCUT2D eigenvalue weighted by molar-refractivity contribution is -0.128. The number of ether oxygens (including phenoxy) is 1. The van der Waals surface area contributed by atoms with Gasteiger partial charge in [0.25, 0.3) is 0 Å². The van der Waals surface area contributed by atoms with Crippen LogP contribution >= 0.6 is 0 Å². The molecule has 6 heteroatoms. The van der Waals surface area contributed by atoms with Crippen LogP contribution in [0.3, 0.4) is 0 Å². The van der Waals surface area contributed by atoms with Crippen molar-refractivity contribution >= 4 is 11.9 Å². The number of carbonyl (C=O) groups is 2. The van der Waals surface area contributed by atoms with E-state index in [1.54, 1.807) is 13.8 Å². The van der Waals surface area contributed by atoms with Gasteiger partial charge in [-0.05, 0) is 19.4 Å². The van der Waals surface area contributed by atoms with Gasteiger partial charge >= 0.3 is 5.97 Å². The van der Waals surface area contributed by atoms with Crippen LogP contribution in [0.25, 0.3) is 0 Å². The van der Waals surface area contributed by atoms with Gasteiger partial charge in [0.1, 0.15) is 11.3 Å². The molecule has 6 nitrogen and oxygen atoms in total. The molecule has 1 aliphatic rings. The lowest BCUT2D eigenvalue weighted by atomic mass is 10.1. The molecular formula is C18H20N2O4. The summed E-state index contributed by atoms with van der Waals surface area (Å²) in [6.07, 6.45) is 0.404. The number of hydrogen-bond acceptors (Lipinski definition) is 5. The minimum atomic E-state index is -0.444. The van der Waals surface area contributed by atoms with Crippen LogP contribution < -0.4 is 0 Å². The number of aryl methyl sites for hydroxylation is 2. The highest BCUT2D eigenvalue weighted by atomic mass is 16.5. The van der Waals surface area contributed by atoms with Crippen LogP contribution in [0.2, 0.25) is 0 Å². The molecule has 126 valence electrons. The Morgan fingerprint density at radius 2 is 2.08 bits per heavy atom. The topological polar surface area (TPSA) is 72.6 Å². The smallest absolute Gasteiger partial charge is 0.343 e. The zero-order chi connectivity index (χ0) is 17.1. The molecule has 1 saturated heterocycles. The predicted octanol–water partition coefficient (Wildman–Crippen LogP) is 2.50. The van der Waals surface area contributed by atoms with E-state index in [2.05, 4.69) is 5.16 Å². The van der Waals surface area contributed by atoms with E-state index in [0.29, 0.717) is 36.5 Å². The molecule has 1 atom stereocenters. The van der Waals surface area contributed by atoms with E-state index in [9.17, 15) is 9.59 Å². The largest absolute Gasteiger partial charge is 0.462 e. The summed E-state index contributed by atoms with van der Waals surface area (Å²) in [5.41, 5.74) is 1.99. The lowest BCUT2D eigenvalue weighted by Gasteiger charge is -2.16. The summed E-state index contributed by atoms with van der Waals surface area (Å²) in [7, 11) is 0. The predicted molar refractivity (Wildman–Crippen MR) is 86.2 cm³/mol. The van der Waals surface area contributed by atoms with Crippen LogP contribution in [0.5, 0.6) is 0 Å². The number of amides is 1. The molecule has 0 spiro atoms. The SMILES string of the molecule is Cc1noc(C)c1C(=O)OC[C@@H]1CC(=O)N(Cc2ccccc2)C1. The van der Waals surface area contributed by atoms with Crippen molar-refractivity contribution in [2.45, 2.75) is 26.8 Å². The van der Waals surface area contributed by atoms with Gasteiger partial charge in [-0.1, -0.05) is 35.5 Å². The Balaban J connectivity index is 1.54. The fourth-order valence-electron chi connectivity index (χ4n) is 2.96. The summed E-state index contributed by atoms with van der Waals surface area (Å²) in [5, 5.41) is 3.75. The number of benzene rings is 1. The summed E-state index contributed by atoms with van der Waals surface area (Å²) in [6, 6.07) is 9.86. The molecule has 0 bridgehead atoms. The fourth-order valence-corrected chi connectivity index (χ4v) is 2.96. The van der Waals surface area contributed by atoms with Gasteiger partial charge in [0.15, 0.2) is 0 Å². The summed E-state index contributed by atoms with van der Waals surface area (Å²) in [6.45, 7) is 4.79. The van der Waals surface area contributed by atoms with Crippen LogP contribution in [-0.4, -0.2) is 35.1 Å². The number of rotatable bonds is 5. The van der Waals surface area contributed by atoms with Crippen LogP contribution in [0.4, 0.5) is 0 Å². The molecule has 1 aromatic heterocycles. The first-order chi connectivity index (χ1) is 11.5. The van der Waals surface area contributed by atoms with Gasteiger partial charge in [-0.3, -0.25) is 4.79 Å². The normalized spacial score (nSPS) is 17.3.